The fraction of sp³-hybridized carbons (Fsp3) is 0.583. The van der Waals surface area contributed by atoms with Crippen LogP contribution in [0.25, 0.3) is 11.0 Å². The number of aromatic nitrogens is 2. The number of ether oxygens (including phenoxy) is 2. The van der Waals surface area contributed by atoms with Gasteiger partial charge in [-0.15, -0.1) is 0 Å². The van der Waals surface area contributed by atoms with Gasteiger partial charge in [0.25, 0.3) is 5.91 Å². The van der Waals surface area contributed by atoms with Crippen molar-refractivity contribution in [3.63, 3.8) is 0 Å². The zero-order valence-electron chi connectivity index (χ0n) is 18.7. The summed E-state index contributed by atoms with van der Waals surface area (Å²) in [6, 6.07) is 5.32. The second-order valence-corrected chi connectivity index (χ2v) is 9.24. The van der Waals surface area contributed by atoms with E-state index < -0.39 is 0 Å². The first-order valence-corrected chi connectivity index (χ1v) is 11.6. The fourth-order valence-corrected chi connectivity index (χ4v) is 4.89. The molecular weight excluding hydrogens is 408 g/mol. The van der Waals surface area contributed by atoms with Crippen molar-refractivity contribution in [1.29, 1.82) is 0 Å². The Bertz CT molecular complexity index is 1020. The lowest BCUT2D eigenvalue weighted by atomic mass is 10.1. The van der Waals surface area contributed by atoms with Crippen molar-refractivity contribution in [2.75, 3.05) is 26.3 Å². The second-order valence-electron chi connectivity index (χ2n) is 9.24. The Morgan fingerprint density at radius 3 is 2.25 bits per heavy atom. The van der Waals surface area contributed by atoms with E-state index in [4.69, 9.17) is 9.47 Å². The number of carbonyl (C=O) groups is 2. The van der Waals surface area contributed by atoms with E-state index in [0.717, 1.165) is 48.1 Å². The first kappa shape index (κ1) is 21.3. The lowest BCUT2D eigenvalue weighted by Crippen LogP contribution is -2.43. The third-order valence-corrected chi connectivity index (χ3v) is 6.92. The molecule has 0 bridgehead atoms. The van der Waals surface area contributed by atoms with E-state index in [1.165, 1.54) is 0 Å². The number of carbonyl (C=O) groups excluding carboxylic acids is 2. The maximum absolute atomic E-state index is 13.1. The molecule has 2 aliphatic heterocycles. The van der Waals surface area contributed by atoms with Crippen molar-refractivity contribution >= 4 is 22.8 Å². The molecule has 0 unspecified atom stereocenters. The first-order valence-electron chi connectivity index (χ1n) is 11.6. The number of rotatable bonds is 3. The van der Waals surface area contributed by atoms with Crippen LogP contribution >= 0.6 is 0 Å². The summed E-state index contributed by atoms with van der Waals surface area (Å²) in [6.45, 7) is 5.62. The summed E-state index contributed by atoms with van der Waals surface area (Å²) in [5.74, 6) is 0.192. The molecule has 8 heteroatoms. The van der Waals surface area contributed by atoms with Crippen LogP contribution < -0.4 is 5.32 Å². The monoisotopic (exact) mass is 438 g/mol. The van der Waals surface area contributed by atoms with Gasteiger partial charge in [-0.05, 0) is 44.9 Å². The van der Waals surface area contributed by atoms with Gasteiger partial charge in [-0.25, -0.2) is 9.97 Å². The molecule has 0 radical (unpaired) electrons. The molecule has 3 fully saturated rings. The number of benzene rings is 1. The Balaban J connectivity index is 1.20. The molecule has 1 N–H and O–H groups in total. The van der Waals surface area contributed by atoms with Crippen LogP contribution in [0.4, 0.5) is 0 Å². The molecule has 2 atom stereocenters. The lowest BCUT2D eigenvalue weighted by molar-refractivity contribution is -0.126. The quantitative estimate of drug-likeness (QED) is 0.789. The van der Waals surface area contributed by atoms with E-state index >= 15 is 0 Å². The topological polar surface area (TPSA) is 93.7 Å². The molecule has 1 saturated carbocycles. The average Bonchev–Trinajstić information content (AvgIpc) is 3.43. The molecule has 5 rings (SSSR count). The number of hydrogen-bond donors (Lipinski definition) is 1. The van der Waals surface area contributed by atoms with E-state index in [1.54, 1.807) is 11.0 Å². The van der Waals surface area contributed by atoms with Crippen LogP contribution in [0.3, 0.4) is 0 Å². The highest BCUT2D eigenvalue weighted by molar-refractivity contribution is 5.97. The summed E-state index contributed by atoms with van der Waals surface area (Å²) < 4.78 is 12.1. The van der Waals surface area contributed by atoms with Crippen molar-refractivity contribution in [1.82, 2.24) is 20.2 Å². The number of nitrogens with zero attached hydrogens (tertiary/aromatic N) is 3. The van der Waals surface area contributed by atoms with E-state index in [9.17, 15) is 9.59 Å². The predicted molar refractivity (Wildman–Crippen MR) is 118 cm³/mol. The van der Waals surface area contributed by atoms with Crippen LogP contribution in [0.5, 0.6) is 0 Å². The van der Waals surface area contributed by atoms with Gasteiger partial charge < -0.3 is 19.7 Å². The van der Waals surface area contributed by atoms with Gasteiger partial charge in [0.15, 0.2) is 0 Å². The largest absolute Gasteiger partial charge is 0.371 e. The third kappa shape index (κ3) is 4.21. The minimum Gasteiger partial charge on any atom is -0.371 e. The van der Waals surface area contributed by atoms with Crippen LogP contribution in [0.1, 0.15) is 47.4 Å². The normalized spacial score (nSPS) is 24.5. The van der Waals surface area contributed by atoms with Crippen LogP contribution in [0.2, 0.25) is 0 Å². The minimum atomic E-state index is -0.183. The summed E-state index contributed by atoms with van der Waals surface area (Å²) in [4.78, 5) is 36.4. The number of aryl methyl sites for hydroxylation is 2. The second kappa shape index (κ2) is 8.75. The zero-order valence-corrected chi connectivity index (χ0v) is 18.7. The van der Waals surface area contributed by atoms with Crippen molar-refractivity contribution in [2.24, 2.45) is 5.92 Å². The number of fused-ring (bicyclic) bond motifs is 2. The Hall–Kier alpha value is -2.58. The van der Waals surface area contributed by atoms with Gasteiger partial charge in [0, 0.05) is 24.6 Å². The summed E-state index contributed by atoms with van der Waals surface area (Å²) in [5.41, 5.74) is 3.85. The van der Waals surface area contributed by atoms with E-state index in [1.807, 2.05) is 26.0 Å². The number of likely N-dealkylation sites (tertiary alicyclic amines) is 1. The van der Waals surface area contributed by atoms with Gasteiger partial charge in [-0.1, -0.05) is 12.8 Å². The third-order valence-electron chi connectivity index (χ3n) is 6.92. The predicted octanol–water partition coefficient (Wildman–Crippen LogP) is 2.16. The molecule has 2 saturated heterocycles. The zero-order chi connectivity index (χ0) is 22.2. The van der Waals surface area contributed by atoms with Crippen molar-refractivity contribution in [3.8, 4) is 0 Å². The van der Waals surface area contributed by atoms with Crippen LogP contribution in [-0.2, 0) is 14.3 Å². The molecule has 3 aliphatic rings. The van der Waals surface area contributed by atoms with Gasteiger partial charge in [0.2, 0.25) is 5.91 Å². The van der Waals surface area contributed by atoms with E-state index in [2.05, 4.69) is 15.3 Å². The van der Waals surface area contributed by atoms with Gasteiger partial charge in [-0.3, -0.25) is 9.59 Å². The average molecular weight is 439 g/mol. The SMILES string of the molecule is Cc1nc2ccc(C(=O)N3C[C@@H]4OCC(NC(=O)C5CCCC5)CO[C@H]4C3)cc2nc1C. The Morgan fingerprint density at radius 2 is 1.59 bits per heavy atom. The van der Waals surface area contributed by atoms with E-state index in [0.29, 0.717) is 31.9 Å². The van der Waals surface area contributed by atoms with Crippen molar-refractivity contribution in [3.05, 3.63) is 35.2 Å². The van der Waals surface area contributed by atoms with Crippen LogP contribution in [0, 0.1) is 19.8 Å². The number of amides is 2. The summed E-state index contributed by atoms with van der Waals surface area (Å²) in [7, 11) is 0. The molecule has 1 aromatic carbocycles. The van der Waals surface area contributed by atoms with Crippen LogP contribution in [0.15, 0.2) is 18.2 Å². The molecule has 1 aromatic heterocycles. The Kier molecular flexibility index (Phi) is 5.82. The van der Waals surface area contributed by atoms with E-state index in [-0.39, 0.29) is 36.0 Å². The highest BCUT2D eigenvalue weighted by Gasteiger charge is 2.40. The van der Waals surface area contributed by atoms with Crippen molar-refractivity contribution < 1.29 is 19.1 Å². The molecule has 32 heavy (non-hydrogen) atoms. The molecular formula is C24H30N4O4. The Morgan fingerprint density at radius 1 is 0.969 bits per heavy atom. The lowest BCUT2D eigenvalue weighted by Gasteiger charge is -2.21. The highest BCUT2D eigenvalue weighted by atomic mass is 16.6. The van der Waals surface area contributed by atoms with Gasteiger partial charge in [0.1, 0.15) is 12.2 Å². The highest BCUT2D eigenvalue weighted by Crippen LogP contribution is 2.26. The fourth-order valence-electron chi connectivity index (χ4n) is 4.89. The first-order chi connectivity index (χ1) is 15.5. The molecule has 3 heterocycles. The Labute approximate surface area is 187 Å². The minimum absolute atomic E-state index is 0.0571. The maximum Gasteiger partial charge on any atom is 0.254 e. The van der Waals surface area contributed by atoms with Crippen molar-refractivity contribution in [2.45, 2.75) is 57.8 Å². The molecule has 8 nitrogen and oxygen atoms in total. The molecule has 170 valence electrons. The maximum atomic E-state index is 13.1. The summed E-state index contributed by atoms with van der Waals surface area (Å²) >= 11 is 0. The smallest absolute Gasteiger partial charge is 0.254 e. The summed E-state index contributed by atoms with van der Waals surface area (Å²) in [5, 5.41) is 3.09. The summed E-state index contributed by atoms with van der Waals surface area (Å²) in [6.07, 6.45) is 3.85. The number of nitrogens with one attached hydrogen (secondary N) is 1. The van der Waals surface area contributed by atoms with Gasteiger partial charge >= 0.3 is 0 Å². The molecule has 0 spiro atoms. The van der Waals surface area contributed by atoms with Crippen LogP contribution in [-0.4, -0.2) is 71.2 Å². The standard InChI is InChI=1S/C24H30N4O4/c1-14-15(2)26-20-9-17(7-8-19(20)25-14)24(30)28-10-21-22(11-28)32-13-18(12-31-21)27-23(29)16-5-3-4-6-16/h7-9,16,18,21-22H,3-6,10-13H2,1-2H3,(H,27,29)/t21-,22-/m0/s1. The molecule has 2 amide bonds. The van der Waals surface area contributed by atoms with Gasteiger partial charge in [0.05, 0.1) is 41.7 Å². The number of hydrogen-bond acceptors (Lipinski definition) is 6. The molecule has 2 aromatic rings. The van der Waals surface area contributed by atoms with Gasteiger partial charge in [-0.2, -0.15) is 0 Å². The molecule has 1 aliphatic carbocycles.